The summed E-state index contributed by atoms with van der Waals surface area (Å²) in [4.78, 5) is 14.3. The smallest absolute Gasteiger partial charge is 0.200 e. The molecule has 0 fully saturated rings. The van der Waals surface area contributed by atoms with Crippen molar-refractivity contribution in [2.24, 2.45) is 0 Å². The van der Waals surface area contributed by atoms with E-state index in [1.165, 1.54) is 11.2 Å². The average molecular weight is 354 g/mol. The standard InChI is InChI=1S/C21H23NO4/c1-4-22(5-2)12-17-19(23)11-10-16-20(24)18(13-26-21(16)17)14-6-8-15(25-3)9-7-14/h6-11,13,23H,4-5,12H2,1-3H3/p+1. The summed E-state index contributed by atoms with van der Waals surface area (Å²) in [5, 5.41) is 10.8. The highest BCUT2D eigenvalue weighted by atomic mass is 16.5. The molecular formula is C21H24NO4+. The van der Waals surface area contributed by atoms with Gasteiger partial charge in [0.25, 0.3) is 0 Å². The van der Waals surface area contributed by atoms with Gasteiger partial charge in [-0.25, -0.2) is 0 Å². The second-order valence-electron chi connectivity index (χ2n) is 6.28. The van der Waals surface area contributed by atoms with Crippen molar-refractivity contribution in [3.63, 3.8) is 0 Å². The van der Waals surface area contributed by atoms with E-state index in [1.807, 2.05) is 24.3 Å². The van der Waals surface area contributed by atoms with Crippen molar-refractivity contribution in [2.75, 3.05) is 20.2 Å². The van der Waals surface area contributed by atoms with Crippen LogP contribution in [0.2, 0.25) is 0 Å². The van der Waals surface area contributed by atoms with Gasteiger partial charge in [0, 0.05) is 0 Å². The number of hydrogen-bond acceptors (Lipinski definition) is 4. The first-order valence-corrected chi connectivity index (χ1v) is 8.83. The number of phenols is 1. The number of quaternary nitrogens is 1. The highest BCUT2D eigenvalue weighted by Gasteiger charge is 2.18. The van der Waals surface area contributed by atoms with E-state index in [2.05, 4.69) is 13.8 Å². The van der Waals surface area contributed by atoms with Crippen LogP contribution in [0, 0.1) is 0 Å². The molecule has 0 radical (unpaired) electrons. The zero-order valence-corrected chi connectivity index (χ0v) is 15.3. The second-order valence-corrected chi connectivity index (χ2v) is 6.28. The van der Waals surface area contributed by atoms with Gasteiger partial charge in [0.15, 0.2) is 0 Å². The van der Waals surface area contributed by atoms with E-state index in [4.69, 9.17) is 9.15 Å². The highest BCUT2D eigenvalue weighted by Crippen LogP contribution is 2.28. The zero-order valence-electron chi connectivity index (χ0n) is 15.3. The van der Waals surface area contributed by atoms with Crippen molar-refractivity contribution >= 4 is 11.0 Å². The van der Waals surface area contributed by atoms with Gasteiger partial charge in [-0.05, 0) is 43.7 Å². The monoisotopic (exact) mass is 354 g/mol. The van der Waals surface area contributed by atoms with E-state index in [0.717, 1.165) is 24.4 Å². The third-order valence-electron chi connectivity index (χ3n) is 4.85. The fourth-order valence-electron chi connectivity index (χ4n) is 3.14. The molecular weight excluding hydrogens is 330 g/mol. The van der Waals surface area contributed by atoms with Gasteiger partial charge in [-0.2, -0.15) is 0 Å². The molecule has 1 heterocycles. The Morgan fingerprint density at radius 2 is 1.77 bits per heavy atom. The lowest BCUT2D eigenvalue weighted by Crippen LogP contribution is -3.10. The number of benzene rings is 2. The Hall–Kier alpha value is -2.79. The molecule has 0 unspecified atom stereocenters. The molecule has 0 aliphatic heterocycles. The molecule has 0 spiro atoms. The van der Waals surface area contributed by atoms with Crippen LogP contribution in [0.1, 0.15) is 19.4 Å². The van der Waals surface area contributed by atoms with Gasteiger partial charge < -0.3 is 19.2 Å². The van der Waals surface area contributed by atoms with E-state index < -0.39 is 0 Å². The molecule has 0 amide bonds. The van der Waals surface area contributed by atoms with E-state index in [0.29, 0.717) is 28.6 Å². The molecule has 0 saturated heterocycles. The van der Waals surface area contributed by atoms with Crippen LogP contribution in [-0.4, -0.2) is 25.3 Å². The molecule has 0 saturated carbocycles. The summed E-state index contributed by atoms with van der Waals surface area (Å²) in [5.74, 6) is 0.894. The number of methoxy groups -OCH3 is 1. The number of hydrogen-bond donors (Lipinski definition) is 2. The quantitative estimate of drug-likeness (QED) is 0.714. The third kappa shape index (κ3) is 3.30. The summed E-state index contributed by atoms with van der Waals surface area (Å²) < 4.78 is 11.0. The molecule has 1 aromatic heterocycles. The van der Waals surface area contributed by atoms with E-state index >= 15 is 0 Å². The van der Waals surface area contributed by atoms with Crippen LogP contribution in [0.3, 0.4) is 0 Å². The number of nitrogens with one attached hydrogen (secondary N) is 1. The number of phenolic OH excluding ortho intramolecular Hbond substituents is 1. The Bertz CT molecular complexity index is 956. The molecule has 0 aliphatic carbocycles. The summed E-state index contributed by atoms with van der Waals surface area (Å²) in [6, 6.07) is 10.5. The molecule has 26 heavy (non-hydrogen) atoms. The predicted molar refractivity (Wildman–Crippen MR) is 102 cm³/mol. The Balaban J connectivity index is 2.12. The normalized spacial score (nSPS) is 11.2. The lowest BCUT2D eigenvalue weighted by Gasteiger charge is -2.17. The number of fused-ring (bicyclic) bond motifs is 1. The molecule has 3 aromatic rings. The molecule has 3 rings (SSSR count). The maximum absolute atomic E-state index is 13.0. The molecule has 5 heteroatoms. The van der Waals surface area contributed by atoms with Gasteiger partial charge in [0.1, 0.15) is 29.9 Å². The van der Waals surface area contributed by atoms with Gasteiger partial charge in [-0.15, -0.1) is 0 Å². The van der Waals surface area contributed by atoms with E-state index in [1.54, 1.807) is 19.2 Å². The van der Waals surface area contributed by atoms with Crippen molar-refractivity contribution < 1.29 is 19.2 Å². The van der Waals surface area contributed by atoms with Crippen LogP contribution in [0.5, 0.6) is 11.5 Å². The van der Waals surface area contributed by atoms with Crippen molar-refractivity contribution in [3.05, 3.63) is 58.4 Å². The van der Waals surface area contributed by atoms with E-state index in [-0.39, 0.29) is 11.2 Å². The van der Waals surface area contributed by atoms with Crippen LogP contribution >= 0.6 is 0 Å². The second kappa shape index (κ2) is 7.62. The molecule has 5 nitrogen and oxygen atoms in total. The number of rotatable bonds is 6. The van der Waals surface area contributed by atoms with Crippen LogP contribution in [0.25, 0.3) is 22.1 Å². The van der Waals surface area contributed by atoms with Gasteiger partial charge in [-0.1, -0.05) is 12.1 Å². The third-order valence-corrected chi connectivity index (χ3v) is 4.85. The van der Waals surface area contributed by atoms with Crippen LogP contribution in [-0.2, 0) is 6.54 Å². The molecule has 0 aliphatic rings. The molecule has 0 bridgehead atoms. The minimum absolute atomic E-state index is 0.104. The van der Waals surface area contributed by atoms with Crippen LogP contribution in [0.4, 0.5) is 0 Å². The Labute approximate surface area is 152 Å². The maximum Gasteiger partial charge on any atom is 0.200 e. The Morgan fingerprint density at radius 3 is 2.38 bits per heavy atom. The fourth-order valence-corrected chi connectivity index (χ4v) is 3.14. The van der Waals surface area contributed by atoms with Crippen molar-refractivity contribution in [1.29, 1.82) is 0 Å². The lowest BCUT2D eigenvalue weighted by molar-refractivity contribution is -0.910. The topological polar surface area (TPSA) is 64.1 Å². The van der Waals surface area contributed by atoms with Crippen molar-refractivity contribution in [2.45, 2.75) is 20.4 Å². The first-order chi connectivity index (χ1) is 12.6. The summed E-state index contributed by atoms with van der Waals surface area (Å²) in [5.41, 5.74) is 2.30. The molecule has 136 valence electrons. The minimum atomic E-state index is -0.104. The molecule has 2 aromatic carbocycles. The Kier molecular flexibility index (Phi) is 5.28. The largest absolute Gasteiger partial charge is 0.507 e. The number of ether oxygens (including phenoxy) is 1. The summed E-state index contributed by atoms with van der Waals surface area (Å²) in [7, 11) is 1.60. The van der Waals surface area contributed by atoms with Gasteiger partial charge in [0.05, 0.1) is 36.7 Å². The van der Waals surface area contributed by atoms with Crippen LogP contribution < -0.4 is 15.1 Å². The predicted octanol–water partition coefficient (Wildman–Crippen LogP) is 2.60. The van der Waals surface area contributed by atoms with E-state index in [9.17, 15) is 9.90 Å². The van der Waals surface area contributed by atoms with Crippen LogP contribution in [0.15, 0.2) is 51.9 Å². The first-order valence-electron chi connectivity index (χ1n) is 8.83. The van der Waals surface area contributed by atoms with Gasteiger partial charge >= 0.3 is 0 Å². The van der Waals surface area contributed by atoms with Crippen molar-refractivity contribution in [1.82, 2.24) is 0 Å². The maximum atomic E-state index is 13.0. The average Bonchev–Trinajstić information content (AvgIpc) is 2.68. The highest BCUT2D eigenvalue weighted by molar-refractivity contribution is 5.85. The fraction of sp³-hybridized carbons (Fsp3) is 0.286. The summed E-state index contributed by atoms with van der Waals surface area (Å²) in [6.07, 6.45) is 1.48. The SMILES string of the molecule is CC[NH+](CC)Cc1c(O)ccc2c(=O)c(-c3ccc(OC)cc3)coc12. The van der Waals surface area contributed by atoms with Crippen molar-refractivity contribution in [3.8, 4) is 22.6 Å². The summed E-state index contributed by atoms with van der Waals surface area (Å²) in [6.45, 7) is 6.67. The molecule has 2 N–H and O–H groups in total. The van der Waals surface area contributed by atoms with Gasteiger partial charge in [-0.3, -0.25) is 4.79 Å². The first kappa shape index (κ1) is 18.0. The zero-order chi connectivity index (χ0) is 18.7. The minimum Gasteiger partial charge on any atom is -0.507 e. The summed E-state index contributed by atoms with van der Waals surface area (Å²) >= 11 is 0. The molecule has 0 atom stereocenters. The lowest BCUT2D eigenvalue weighted by atomic mass is 10.0. The Morgan fingerprint density at radius 1 is 1.08 bits per heavy atom. The van der Waals surface area contributed by atoms with Gasteiger partial charge in [0.2, 0.25) is 5.43 Å². The number of aromatic hydroxyl groups is 1.